The molecule has 6 nitrogen and oxygen atoms in total. The maximum Gasteiger partial charge on any atom is 0.231 e. The lowest BCUT2D eigenvalue weighted by Gasteiger charge is -2.18. The highest BCUT2D eigenvalue weighted by molar-refractivity contribution is 9.10. The minimum atomic E-state index is -0.801. The van der Waals surface area contributed by atoms with E-state index in [-0.39, 0.29) is 25.8 Å². The summed E-state index contributed by atoms with van der Waals surface area (Å²) in [6, 6.07) is 10.0. The van der Waals surface area contributed by atoms with E-state index in [9.17, 15) is 5.11 Å². The zero-order chi connectivity index (χ0) is 20.2. The number of halogens is 2. The van der Waals surface area contributed by atoms with Crippen LogP contribution in [0.5, 0.6) is 23.0 Å². The van der Waals surface area contributed by atoms with Crippen LogP contribution in [0.15, 0.2) is 34.8 Å². The monoisotopic (exact) mass is 499 g/mol. The van der Waals surface area contributed by atoms with Gasteiger partial charge in [0.2, 0.25) is 6.79 Å². The molecule has 1 heterocycles. The fourth-order valence-electron chi connectivity index (χ4n) is 3.79. The van der Waals surface area contributed by atoms with Crippen LogP contribution in [0.2, 0.25) is 0 Å². The van der Waals surface area contributed by atoms with Crippen molar-refractivity contribution in [2.24, 2.45) is 0 Å². The van der Waals surface area contributed by atoms with Crippen LogP contribution in [0.4, 0.5) is 0 Å². The summed E-state index contributed by atoms with van der Waals surface area (Å²) < 4.78 is 22.9. The second-order valence-corrected chi connectivity index (χ2v) is 8.27. The summed E-state index contributed by atoms with van der Waals surface area (Å²) in [6.45, 7) is 1.09. The molecule has 0 amide bonds. The van der Waals surface area contributed by atoms with Crippen molar-refractivity contribution in [1.82, 2.24) is 5.32 Å². The number of fused-ring (bicyclic) bond motifs is 1. The minimum Gasteiger partial charge on any atom is -0.493 e. The van der Waals surface area contributed by atoms with Gasteiger partial charge in [0.15, 0.2) is 23.0 Å². The van der Waals surface area contributed by atoms with E-state index in [1.165, 1.54) is 25.7 Å². The lowest BCUT2D eigenvalue weighted by Crippen LogP contribution is -2.25. The SMILES string of the molecule is COc1cc(CNC2CCCC2)cc(Br)c1OCC(O)c1ccc2c(c1)OCO2.Cl. The molecule has 1 unspecified atom stereocenters. The van der Waals surface area contributed by atoms with Crippen LogP contribution in [0, 0.1) is 0 Å². The molecule has 0 aromatic heterocycles. The van der Waals surface area contributed by atoms with Crippen molar-refractivity contribution < 1.29 is 24.1 Å². The summed E-state index contributed by atoms with van der Waals surface area (Å²) in [7, 11) is 1.62. The van der Waals surface area contributed by atoms with E-state index in [1.807, 2.05) is 18.2 Å². The first-order valence-electron chi connectivity index (χ1n) is 9.94. The first-order valence-corrected chi connectivity index (χ1v) is 10.7. The molecule has 0 spiro atoms. The fourth-order valence-corrected chi connectivity index (χ4v) is 4.39. The van der Waals surface area contributed by atoms with E-state index in [4.69, 9.17) is 18.9 Å². The largest absolute Gasteiger partial charge is 0.493 e. The van der Waals surface area contributed by atoms with Crippen molar-refractivity contribution in [3.8, 4) is 23.0 Å². The number of benzene rings is 2. The molecule has 4 rings (SSSR count). The topological polar surface area (TPSA) is 69.2 Å². The van der Waals surface area contributed by atoms with Gasteiger partial charge in [-0.1, -0.05) is 18.9 Å². The van der Waals surface area contributed by atoms with E-state index in [0.29, 0.717) is 34.6 Å². The molecular formula is C22H27BrClNO5. The average Bonchev–Trinajstić information content (AvgIpc) is 3.41. The third kappa shape index (κ3) is 5.32. The van der Waals surface area contributed by atoms with Crippen molar-refractivity contribution in [2.45, 2.75) is 44.4 Å². The number of hydrogen-bond donors (Lipinski definition) is 2. The lowest BCUT2D eigenvalue weighted by atomic mass is 10.1. The number of methoxy groups -OCH3 is 1. The molecule has 30 heavy (non-hydrogen) atoms. The molecule has 1 aliphatic carbocycles. The maximum absolute atomic E-state index is 10.5. The molecule has 2 aliphatic rings. The van der Waals surface area contributed by atoms with Crippen LogP contribution in [-0.4, -0.2) is 31.7 Å². The van der Waals surface area contributed by atoms with Crippen molar-refractivity contribution in [2.75, 3.05) is 20.5 Å². The van der Waals surface area contributed by atoms with Crippen LogP contribution < -0.4 is 24.3 Å². The summed E-state index contributed by atoms with van der Waals surface area (Å²) >= 11 is 3.59. The second kappa shape index (κ2) is 10.6. The van der Waals surface area contributed by atoms with Crippen molar-refractivity contribution in [3.05, 3.63) is 45.9 Å². The number of hydrogen-bond acceptors (Lipinski definition) is 6. The number of ether oxygens (including phenoxy) is 4. The molecule has 1 fully saturated rings. The molecule has 0 saturated heterocycles. The Kier molecular flexibility index (Phi) is 8.11. The normalized spacial score (nSPS) is 16.2. The fraction of sp³-hybridized carbons (Fsp3) is 0.455. The van der Waals surface area contributed by atoms with E-state index < -0.39 is 6.10 Å². The van der Waals surface area contributed by atoms with Crippen molar-refractivity contribution in [3.63, 3.8) is 0 Å². The highest BCUT2D eigenvalue weighted by atomic mass is 79.9. The summed E-state index contributed by atoms with van der Waals surface area (Å²) in [6.07, 6.45) is 4.31. The lowest BCUT2D eigenvalue weighted by molar-refractivity contribution is 0.105. The molecule has 1 saturated carbocycles. The Morgan fingerprint density at radius 3 is 2.70 bits per heavy atom. The van der Waals surface area contributed by atoms with Gasteiger partial charge >= 0.3 is 0 Å². The molecule has 2 aromatic carbocycles. The molecule has 1 atom stereocenters. The van der Waals surface area contributed by atoms with Gasteiger partial charge in [0.1, 0.15) is 12.7 Å². The van der Waals surface area contributed by atoms with Crippen LogP contribution in [-0.2, 0) is 6.54 Å². The highest BCUT2D eigenvalue weighted by Gasteiger charge is 2.19. The predicted octanol–water partition coefficient (Wildman–Crippen LogP) is 4.75. The van der Waals surface area contributed by atoms with Crippen LogP contribution in [0.1, 0.15) is 42.9 Å². The molecule has 0 bridgehead atoms. The quantitative estimate of drug-likeness (QED) is 0.545. The zero-order valence-electron chi connectivity index (χ0n) is 16.9. The van der Waals surface area contributed by atoms with Gasteiger partial charge in [-0.3, -0.25) is 0 Å². The Balaban J connectivity index is 0.00000256. The minimum absolute atomic E-state index is 0. The van der Waals surface area contributed by atoms with Gasteiger partial charge < -0.3 is 29.4 Å². The van der Waals surface area contributed by atoms with Crippen LogP contribution in [0.25, 0.3) is 0 Å². The Bertz CT molecular complexity index is 860. The standard InChI is InChI=1S/C22H26BrNO5.ClH/c1-26-21-9-14(11-24-16-4-2-3-5-16)8-17(23)22(21)27-12-18(25)15-6-7-19-20(10-15)29-13-28-19;/h6-10,16,18,24-25H,2-5,11-13H2,1H3;1H. The van der Waals surface area contributed by atoms with E-state index >= 15 is 0 Å². The van der Waals surface area contributed by atoms with Gasteiger partial charge in [-0.25, -0.2) is 0 Å². The number of nitrogens with one attached hydrogen (secondary N) is 1. The molecule has 2 N–H and O–H groups in total. The van der Waals surface area contributed by atoms with Gasteiger partial charge in [0, 0.05) is 12.6 Å². The summed E-state index contributed by atoms with van der Waals surface area (Å²) in [5, 5.41) is 14.1. The zero-order valence-corrected chi connectivity index (χ0v) is 19.3. The van der Waals surface area contributed by atoms with E-state index in [0.717, 1.165) is 16.6 Å². The van der Waals surface area contributed by atoms with Gasteiger partial charge in [-0.05, 0) is 64.2 Å². The molecule has 164 valence electrons. The van der Waals surface area contributed by atoms with E-state index in [1.54, 1.807) is 19.2 Å². The Morgan fingerprint density at radius 1 is 1.17 bits per heavy atom. The maximum atomic E-state index is 10.5. The number of aliphatic hydroxyl groups excluding tert-OH is 1. The average molecular weight is 501 g/mol. The first-order chi connectivity index (χ1) is 14.1. The molecular weight excluding hydrogens is 474 g/mol. The van der Waals surface area contributed by atoms with Gasteiger partial charge in [0.25, 0.3) is 0 Å². The van der Waals surface area contributed by atoms with Gasteiger partial charge in [0.05, 0.1) is 11.6 Å². The molecule has 2 aromatic rings. The third-order valence-electron chi connectivity index (χ3n) is 5.41. The van der Waals surface area contributed by atoms with Gasteiger partial charge in [-0.2, -0.15) is 0 Å². The van der Waals surface area contributed by atoms with Crippen LogP contribution in [0.3, 0.4) is 0 Å². The highest BCUT2D eigenvalue weighted by Crippen LogP contribution is 2.38. The van der Waals surface area contributed by atoms with Crippen molar-refractivity contribution >= 4 is 28.3 Å². The van der Waals surface area contributed by atoms with Gasteiger partial charge in [-0.15, -0.1) is 12.4 Å². The molecule has 8 heteroatoms. The third-order valence-corrected chi connectivity index (χ3v) is 6.00. The Labute approximate surface area is 191 Å². The predicted molar refractivity (Wildman–Crippen MR) is 120 cm³/mol. The van der Waals surface area contributed by atoms with Crippen molar-refractivity contribution in [1.29, 1.82) is 0 Å². The van der Waals surface area contributed by atoms with E-state index in [2.05, 4.69) is 21.2 Å². The summed E-state index contributed by atoms with van der Waals surface area (Å²) in [5.41, 5.74) is 1.84. The smallest absolute Gasteiger partial charge is 0.231 e. The second-order valence-electron chi connectivity index (χ2n) is 7.41. The Hall–Kier alpha value is -1.67. The Morgan fingerprint density at radius 2 is 1.93 bits per heavy atom. The first kappa shape index (κ1) is 23.0. The number of rotatable bonds is 8. The summed E-state index contributed by atoms with van der Waals surface area (Å²) in [5.74, 6) is 2.55. The van der Waals surface area contributed by atoms with Crippen LogP contribution >= 0.6 is 28.3 Å². The number of aliphatic hydroxyl groups is 1. The summed E-state index contributed by atoms with van der Waals surface area (Å²) in [4.78, 5) is 0. The molecule has 0 radical (unpaired) electrons. The molecule has 1 aliphatic heterocycles.